The summed E-state index contributed by atoms with van der Waals surface area (Å²) in [5.74, 6) is -0.548. The normalized spacial score (nSPS) is 10.4. The van der Waals surface area contributed by atoms with Crippen LogP contribution in [0.3, 0.4) is 0 Å². The molecule has 2 nitrogen and oxygen atoms in total. The van der Waals surface area contributed by atoms with Crippen LogP contribution in [0.25, 0.3) is 0 Å². The van der Waals surface area contributed by atoms with Crippen molar-refractivity contribution in [3.63, 3.8) is 0 Å². The second kappa shape index (κ2) is 6.06. The number of halogens is 3. The Bertz CT molecular complexity index is 684. The predicted molar refractivity (Wildman–Crippen MR) is 83.0 cm³/mol. The van der Waals surface area contributed by atoms with E-state index in [0.717, 1.165) is 10.0 Å². The fourth-order valence-electron chi connectivity index (χ4n) is 1.82. The number of ether oxygens (including phenoxy) is 1. The van der Waals surface area contributed by atoms with Crippen LogP contribution in [0, 0.1) is 12.7 Å². The first-order chi connectivity index (χ1) is 9.43. The van der Waals surface area contributed by atoms with Crippen molar-refractivity contribution in [2.75, 3.05) is 7.11 Å². The van der Waals surface area contributed by atoms with Gasteiger partial charge in [-0.2, -0.15) is 0 Å². The number of hydrogen-bond donors (Lipinski definition) is 0. The molecule has 0 atom stereocenters. The van der Waals surface area contributed by atoms with Crippen molar-refractivity contribution in [2.45, 2.75) is 6.92 Å². The Balaban J connectivity index is 2.58. The van der Waals surface area contributed by atoms with E-state index in [1.165, 1.54) is 19.2 Å². The van der Waals surface area contributed by atoms with Gasteiger partial charge in [0, 0.05) is 8.95 Å². The summed E-state index contributed by atoms with van der Waals surface area (Å²) >= 11 is 6.61. The number of rotatable bonds is 3. The third kappa shape index (κ3) is 2.94. The summed E-state index contributed by atoms with van der Waals surface area (Å²) in [5.41, 5.74) is 1.27. The first-order valence-electron chi connectivity index (χ1n) is 5.78. The molecule has 104 valence electrons. The third-order valence-electron chi connectivity index (χ3n) is 2.90. The van der Waals surface area contributed by atoms with E-state index in [1.807, 2.05) is 6.92 Å². The van der Waals surface area contributed by atoms with Crippen molar-refractivity contribution < 1.29 is 13.9 Å². The molecule has 0 spiro atoms. The van der Waals surface area contributed by atoms with Crippen LogP contribution >= 0.6 is 31.9 Å². The van der Waals surface area contributed by atoms with Crippen molar-refractivity contribution in [3.8, 4) is 5.75 Å². The Hall–Kier alpha value is -1.20. The van der Waals surface area contributed by atoms with Gasteiger partial charge in [0.2, 0.25) is 0 Å². The molecule has 2 aromatic carbocycles. The maximum atomic E-state index is 13.8. The largest absolute Gasteiger partial charge is 0.496 e. The van der Waals surface area contributed by atoms with Gasteiger partial charge in [-0.25, -0.2) is 4.39 Å². The zero-order valence-electron chi connectivity index (χ0n) is 10.8. The third-order valence-corrected chi connectivity index (χ3v) is 4.25. The second-order valence-electron chi connectivity index (χ2n) is 4.25. The first-order valence-corrected chi connectivity index (χ1v) is 7.36. The summed E-state index contributed by atoms with van der Waals surface area (Å²) < 4.78 is 20.5. The smallest absolute Gasteiger partial charge is 0.199 e. The van der Waals surface area contributed by atoms with Crippen LogP contribution in [-0.2, 0) is 0 Å². The molecular formula is C15H11Br2FO2. The minimum Gasteiger partial charge on any atom is -0.496 e. The summed E-state index contributed by atoms with van der Waals surface area (Å²) in [5, 5.41) is 0. The van der Waals surface area contributed by atoms with E-state index >= 15 is 0 Å². The van der Waals surface area contributed by atoms with Crippen LogP contribution in [-0.4, -0.2) is 12.9 Å². The Morgan fingerprint density at radius 1 is 1.15 bits per heavy atom. The molecular weight excluding hydrogens is 391 g/mol. The summed E-state index contributed by atoms with van der Waals surface area (Å²) in [6.45, 7) is 1.89. The summed E-state index contributed by atoms with van der Waals surface area (Å²) in [4.78, 5) is 12.5. The molecule has 0 saturated heterocycles. The predicted octanol–water partition coefficient (Wildman–Crippen LogP) is 4.90. The molecule has 2 aromatic rings. The van der Waals surface area contributed by atoms with Gasteiger partial charge in [-0.1, -0.05) is 31.9 Å². The van der Waals surface area contributed by atoms with E-state index in [-0.39, 0.29) is 5.56 Å². The van der Waals surface area contributed by atoms with E-state index in [1.54, 1.807) is 18.2 Å². The lowest BCUT2D eigenvalue weighted by Gasteiger charge is -2.11. The van der Waals surface area contributed by atoms with E-state index in [0.29, 0.717) is 15.8 Å². The number of carbonyl (C=O) groups is 1. The van der Waals surface area contributed by atoms with Crippen LogP contribution in [0.1, 0.15) is 21.5 Å². The van der Waals surface area contributed by atoms with Gasteiger partial charge < -0.3 is 4.74 Å². The monoisotopic (exact) mass is 400 g/mol. The average molecular weight is 402 g/mol. The van der Waals surface area contributed by atoms with Crippen molar-refractivity contribution in [2.24, 2.45) is 0 Å². The van der Waals surface area contributed by atoms with Gasteiger partial charge in [0.1, 0.15) is 11.6 Å². The first kappa shape index (κ1) is 15.2. The van der Waals surface area contributed by atoms with Crippen molar-refractivity contribution in [1.29, 1.82) is 0 Å². The van der Waals surface area contributed by atoms with Gasteiger partial charge in [0.25, 0.3) is 0 Å². The lowest BCUT2D eigenvalue weighted by atomic mass is 10.0. The zero-order valence-corrected chi connectivity index (χ0v) is 14.0. The van der Waals surface area contributed by atoms with E-state index < -0.39 is 11.6 Å². The highest BCUT2D eigenvalue weighted by Gasteiger charge is 2.19. The molecule has 0 radical (unpaired) electrons. The molecule has 0 aromatic heterocycles. The maximum Gasteiger partial charge on any atom is 0.199 e. The van der Waals surface area contributed by atoms with Crippen LogP contribution in [0.5, 0.6) is 5.75 Å². The SMILES string of the molecule is COc1cc(C)c(Br)cc1C(=O)c1cc(Br)ccc1F. The highest BCUT2D eigenvalue weighted by Crippen LogP contribution is 2.30. The molecule has 0 aliphatic heterocycles. The van der Waals surface area contributed by atoms with Gasteiger partial charge >= 0.3 is 0 Å². The Labute approximate surface area is 133 Å². The van der Waals surface area contributed by atoms with E-state index in [4.69, 9.17) is 4.74 Å². The molecule has 0 bridgehead atoms. The van der Waals surface area contributed by atoms with Crippen LogP contribution < -0.4 is 4.74 Å². The molecule has 20 heavy (non-hydrogen) atoms. The standard InChI is InChI=1S/C15H11Br2FO2/c1-8-5-14(20-2)11(7-12(8)17)15(19)10-6-9(16)3-4-13(10)18/h3-7H,1-2H3. The minimum atomic E-state index is -0.558. The Kier molecular flexibility index (Phi) is 4.60. The summed E-state index contributed by atoms with van der Waals surface area (Å²) in [6.07, 6.45) is 0. The number of hydrogen-bond acceptors (Lipinski definition) is 2. The van der Waals surface area contributed by atoms with Gasteiger partial charge in [-0.3, -0.25) is 4.79 Å². The fraction of sp³-hybridized carbons (Fsp3) is 0.133. The molecule has 0 heterocycles. The molecule has 0 fully saturated rings. The molecule has 0 amide bonds. The molecule has 2 rings (SSSR count). The van der Waals surface area contributed by atoms with Crippen molar-refractivity contribution in [3.05, 3.63) is 61.8 Å². The van der Waals surface area contributed by atoms with Crippen molar-refractivity contribution >= 4 is 37.6 Å². The fourth-order valence-corrected chi connectivity index (χ4v) is 2.52. The van der Waals surface area contributed by atoms with Crippen molar-refractivity contribution in [1.82, 2.24) is 0 Å². The highest BCUT2D eigenvalue weighted by molar-refractivity contribution is 9.10. The van der Waals surface area contributed by atoms with Gasteiger partial charge in [0.15, 0.2) is 5.78 Å². The maximum absolute atomic E-state index is 13.8. The quantitative estimate of drug-likeness (QED) is 0.683. The Morgan fingerprint density at radius 3 is 2.50 bits per heavy atom. The number of aryl methyl sites for hydroxylation is 1. The Morgan fingerprint density at radius 2 is 1.85 bits per heavy atom. The highest BCUT2D eigenvalue weighted by atomic mass is 79.9. The number of methoxy groups -OCH3 is 1. The molecule has 0 unspecified atom stereocenters. The molecule has 0 aliphatic carbocycles. The van der Waals surface area contributed by atoms with Gasteiger partial charge in [-0.05, 0) is 42.8 Å². The zero-order chi connectivity index (χ0) is 14.9. The summed E-state index contributed by atoms with van der Waals surface area (Å²) in [6, 6.07) is 7.66. The molecule has 0 saturated carbocycles. The minimum absolute atomic E-state index is 0.00780. The van der Waals surface area contributed by atoms with Gasteiger partial charge in [-0.15, -0.1) is 0 Å². The number of ketones is 1. The topological polar surface area (TPSA) is 26.3 Å². The van der Waals surface area contributed by atoms with Crippen LogP contribution in [0.15, 0.2) is 39.3 Å². The second-order valence-corrected chi connectivity index (χ2v) is 6.02. The molecule has 0 aliphatic rings. The molecule has 0 N–H and O–H groups in total. The lowest BCUT2D eigenvalue weighted by Crippen LogP contribution is -2.07. The van der Waals surface area contributed by atoms with Crippen LogP contribution in [0.4, 0.5) is 4.39 Å². The lowest BCUT2D eigenvalue weighted by molar-refractivity contribution is 0.103. The van der Waals surface area contributed by atoms with Gasteiger partial charge in [0.05, 0.1) is 18.2 Å². The number of carbonyl (C=O) groups excluding carboxylic acids is 1. The number of benzene rings is 2. The van der Waals surface area contributed by atoms with Crippen LogP contribution in [0.2, 0.25) is 0 Å². The molecule has 5 heteroatoms. The summed E-state index contributed by atoms with van der Waals surface area (Å²) in [7, 11) is 1.48. The van der Waals surface area contributed by atoms with E-state index in [9.17, 15) is 9.18 Å². The van der Waals surface area contributed by atoms with E-state index in [2.05, 4.69) is 31.9 Å². The average Bonchev–Trinajstić information content (AvgIpc) is 2.43.